The van der Waals surface area contributed by atoms with Crippen LogP contribution in [0.25, 0.3) is 0 Å². The van der Waals surface area contributed by atoms with E-state index in [1.165, 1.54) is 51.4 Å². The molecule has 0 radical (unpaired) electrons. The van der Waals surface area contributed by atoms with Crippen molar-refractivity contribution in [2.24, 2.45) is 0 Å². The SMILES string of the molecule is CCCCCCCCCCC#Cc1ccc(C(=N)NO)cc1. The van der Waals surface area contributed by atoms with Crippen LogP contribution in [0.3, 0.4) is 0 Å². The second-order valence-corrected chi connectivity index (χ2v) is 5.59. The molecule has 1 aromatic carbocycles. The molecule has 0 aliphatic heterocycles. The average molecular weight is 300 g/mol. The van der Waals surface area contributed by atoms with E-state index in [0.717, 1.165) is 12.0 Å². The highest BCUT2D eigenvalue weighted by molar-refractivity contribution is 5.95. The van der Waals surface area contributed by atoms with Crippen LogP contribution in [0.4, 0.5) is 0 Å². The van der Waals surface area contributed by atoms with Crippen molar-refractivity contribution in [2.45, 2.75) is 64.7 Å². The van der Waals surface area contributed by atoms with Gasteiger partial charge in [0.15, 0.2) is 0 Å². The third kappa shape index (κ3) is 7.85. The summed E-state index contributed by atoms with van der Waals surface area (Å²) in [6.45, 7) is 2.25. The zero-order valence-corrected chi connectivity index (χ0v) is 13.6. The molecule has 3 heteroatoms. The monoisotopic (exact) mass is 300 g/mol. The van der Waals surface area contributed by atoms with Crippen molar-refractivity contribution in [3.63, 3.8) is 0 Å². The normalized spacial score (nSPS) is 9.91. The molecule has 0 unspecified atom stereocenters. The maximum atomic E-state index is 8.66. The highest BCUT2D eigenvalue weighted by atomic mass is 16.5. The third-order valence-corrected chi connectivity index (χ3v) is 3.67. The minimum absolute atomic E-state index is 0.00144. The van der Waals surface area contributed by atoms with E-state index in [2.05, 4.69) is 18.8 Å². The second kappa shape index (κ2) is 11.8. The maximum Gasteiger partial charge on any atom is 0.149 e. The van der Waals surface area contributed by atoms with E-state index in [1.54, 1.807) is 12.1 Å². The molecule has 0 spiro atoms. The Morgan fingerprint density at radius 3 is 2.18 bits per heavy atom. The Balaban J connectivity index is 2.15. The predicted molar refractivity (Wildman–Crippen MR) is 92.3 cm³/mol. The van der Waals surface area contributed by atoms with Gasteiger partial charge in [-0.05, 0) is 30.7 Å². The Kier molecular flexibility index (Phi) is 9.81. The zero-order valence-electron chi connectivity index (χ0n) is 13.6. The molecule has 120 valence electrons. The van der Waals surface area contributed by atoms with Crippen molar-refractivity contribution >= 4 is 5.84 Å². The smallest absolute Gasteiger partial charge is 0.149 e. The summed E-state index contributed by atoms with van der Waals surface area (Å²) in [6, 6.07) is 7.32. The van der Waals surface area contributed by atoms with Crippen LogP contribution in [-0.2, 0) is 0 Å². The molecule has 0 aromatic heterocycles. The fourth-order valence-electron chi connectivity index (χ4n) is 2.30. The Labute approximate surface area is 134 Å². The molecular formula is C19H28N2O. The first-order chi connectivity index (χ1) is 10.8. The fraction of sp³-hybridized carbons (Fsp3) is 0.526. The van der Waals surface area contributed by atoms with Gasteiger partial charge in [-0.25, -0.2) is 0 Å². The van der Waals surface area contributed by atoms with Crippen molar-refractivity contribution in [3.05, 3.63) is 35.4 Å². The number of hydroxylamine groups is 1. The van der Waals surface area contributed by atoms with Gasteiger partial charge in [-0.15, -0.1) is 0 Å². The lowest BCUT2D eigenvalue weighted by atomic mass is 10.1. The number of unbranched alkanes of at least 4 members (excludes halogenated alkanes) is 8. The summed E-state index contributed by atoms with van der Waals surface area (Å²) in [5, 5.41) is 16.1. The zero-order chi connectivity index (χ0) is 16.0. The standard InChI is InChI=1S/C19H28N2O/c1-2-3-4-5-6-7-8-9-10-11-12-17-13-15-18(16-14-17)19(20)21-22/h13-16,22H,2-10H2,1H3,(H2,20,21). The van der Waals surface area contributed by atoms with E-state index < -0.39 is 0 Å². The van der Waals surface area contributed by atoms with Crippen LogP contribution in [0.1, 0.15) is 75.8 Å². The predicted octanol–water partition coefficient (Wildman–Crippen LogP) is 4.87. The molecule has 1 rings (SSSR count). The first kappa shape index (κ1) is 18.3. The van der Waals surface area contributed by atoms with E-state index in [-0.39, 0.29) is 5.84 Å². The quantitative estimate of drug-likeness (QED) is 0.200. The largest absolute Gasteiger partial charge is 0.290 e. The Morgan fingerprint density at radius 1 is 1.00 bits per heavy atom. The Morgan fingerprint density at radius 2 is 1.59 bits per heavy atom. The summed E-state index contributed by atoms with van der Waals surface area (Å²) in [5.74, 6) is 6.35. The minimum Gasteiger partial charge on any atom is -0.290 e. The van der Waals surface area contributed by atoms with Gasteiger partial charge in [-0.2, -0.15) is 0 Å². The van der Waals surface area contributed by atoms with Gasteiger partial charge in [0.1, 0.15) is 5.84 Å². The maximum absolute atomic E-state index is 8.66. The number of hydrogen-bond acceptors (Lipinski definition) is 2. The van der Waals surface area contributed by atoms with E-state index in [1.807, 2.05) is 17.6 Å². The summed E-state index contributed by atoms with van der Waals surface area (Å²) in [7, 11) is 0. The van der Waals surface area contributed by atoms with Crippen molar-refractivity contribution < 1.29 is 5.21 Å². The molecule has 0 aliphatic rings. The number of benzene rings is 1. The molecule has 0 saturated carbocycles. The van der Waals surface area contributed by atoms with Crippen molar-refractivity contribution in [1.29, 1.82) is 5.41 Å². The lowest BCUT2D eigenvalue weighted by Crippen LogP contribution is -2.18. The van der Waals surface area contributed by atoms with Crippen LogP contribution in [0, 0.1) is 17.3 Å². The van der Waals surface area contributed by atoms with Gasteiger partial charge in [0.2, 0.25) is 0 Å². The highest BCUT2D eigenvalue weighted by Crippen LogP contribution is 2.09. The van der Waals surface area contributed by atoms with E-state index in [9.17, 15) is 0 Å². The Hall–Kier alpha value is -1.79. The molecule has 0 bridgehead atoms. The summed E-state index contributed by atoms with van der Waals surface area (Å²) in [4.78, 5) is 0. The van der Waals surface area contributed by atoms with E-state index >= 15 is 0 Å². The highest BCUT2D eigenvalue weighted by Gasteiger charge is 1.97. The summed E-state index contributed by atoms with van der Waals surface area (Å²) < 4.78 is 0. The van der Waals surface area contributed by atoms with Crippen LogP contribution >= 0.6 is 0 Å². The lowest BCUT2D eigenvalue weighted by Gasteiger charge is -2.01. The molecule has 0 aliphatic carbocycles. The molecule has 22 heavy (non-hydrogen) atoms. The van der Waals surface area contributed by atoms with Crippen LogP contribution in [-0.4, -0.2) is 11.0 Å². The molecule has 0 saturated heterocycles. The number of nitrogens with one attached hydrogen (secondary N) is 2. The first-order valence-corrected chi connectivity index (χ1v) is 8.36. The summed E-state index contributed by atoms with van der Waals surface area (Å²) in [5.41, 5.74) is 3.44. The molecular weight excluding hydrogens is 272 g/mol. The van der Waals surface area contributed by atoms with Gasteiger partial charge in [0.05, 0.1) is 0 Å². The summed E-state index contributed by atoms with van der Waals surface area (Å²) >= 11 is 0. The van der Waals surface area contributed by atoms with Gasteiger partial charge in [-0.1, -0.05) is 63.7 Å². The molecule has 3 N–H and O–H groups in total. The van der Waals surface area contributed by atoms with Crippen molar-refractivity contribution in [2.75, 3.05) is 0 Å². The Bertz CT molecular complexity index is 482. The van der Waals surface area contributed by atoms with Crippen molar-refractivity contribution in [3.8, 4) is 11.8 Å². The molecule has 0 heterocycles. The summed E-state index contributed by atoms with van der Waals surface area (Å²) in [6.07, 6.45) is 11.5. The fourth-order valence-corrected chi connectivity index (χ4v) is 2.30. The van der Waals surface area contributed by atoms with E-state index in [0.29, 0.717) is 5.56 Å². The van der Waals surface area contributed by atoms with Gasteiger partial charge in [0.25, 0.3) is 0 Å². The number of amidine groups is 1. The second-order valence-electron chi connectivity index (χ2n) is 5.59. The van der Waals surface area contributed by atoms with Crippen LogP contribution < -0.4 is 5.48 Å². The van der Waals surface area contributed by atoms with Gasteiger partial charge in [0, 0.05) is 17.5 Å². The molecule has 0 atom stereocenters. The molecule has 0 fully saturated rings. The van der Waals surface area contributed by atoms with Crippen molar-refractivity contribution in [1.82, 2.24) is 5.48 Å². The van der Waals surface area contributed by atoms with Crippen LogP contribution in [0.2, 0.25) is 0 Å². The van der Waals surface area contributed by atoms with Gasteiger partial charge < -0.3 is 0 Å². The van der Waals surface area contributed by atoms with Crippen LogP contribution in [0.15, 0.2) is 24.3 Å². The van der Waals surface area contributed by atoms with Gasteiger partial charge >= 0.3 is 0 Å². The minimum atomic E-state index is -0.00144. The topological polar surface area (TPSA) is 56.1 Å². The lowest BCUT2D eigenvalue weighted by molar-refractivity contribution is 0.234. The molecule has 3 nitrogen and oxygen atoms in total. The first-order valence-electron chi connectivity index (χ1n) is 8.36. The number of hydrogen-bond donors (Lipinski definition) is 3. The van der Waals surface area contributed by atoms with Crippen LogP contribution in [0.5, 0.6) is 0 Å². The van der Waals surface area contributed by atoms with Gasteiger partial charge in [-0.3, -0.25) is 16.1 Å². The van der Waals surface area contributed by atoms with E-state index in [4.69, 9.17) is 10.6 Å². The molecule has 1 aromatic rings. The number of rotatable bonds is 9. The average Bonchev–Trinajstić information content (AvgIpc) is 2.56. The molecule has 0 amide bonds. The third-order valence-electron chi connectivity index (χ3n) is 3.67.